The summed E-state index contributed by atoms with van der Waals surface area (Å²) in [7, 11) is 0. The number of nitrogens with one attached hydrogen (secondary N) is 4. The summed E-state index contributed by atoms with van der Waals surface area (Å²) in [4.78, 5) is 74.6. The van der Waals surface area contributed by atoms with Crippen LogP contribution in [0.25, 0.3) is 0 Å². The van der Waals surface area contributed by atoms with Gasteiger partial charge in [0.1, 0.15) is 18.4 Å². The van der Waals surface area contributed by atoms with Crippen molar-refractivity contribution in [3.05, 3.63) is 112 Å². The average molecular weight is 1020 g/mol. The number of carbonyl (C=O) groups is 5. The fourth-order valence-corrected chi connectivity index (χ4v) is 13.1. The normalized spacial score (nSPS) is 24.7. The van der Waals surface area contributed by atoms with Gasteiger partial charge in [-0.2, -0.15) is 0 Å². The zero-order valence-corrected chi connectivity index (χ0v) is 44.2. The molecule has 9 atom stereocenters. The van der Waals surface area contributed by atoms with Gasteiger partial charge in [0, 0.05) is 50.2 Å². The van der Waals surface area contributed by atoms with Crippen molar-refractivity contribution in [1.82, 2.24) is 16.0 Å². The Morgan fingerprint density at radius 2 is 1.53 bits per heavy atom. The lowest BCUT2D eigenvalue weighted by Crippen LogP contribution is -2.51. The predicted octanol–water partition coefficient (Wildman–Crippen LogP) is 10.8. The van der Waals surface area contributed by atoms with Gasteiger partial charge in [-0.25, -0.2) is 4.79 Å². The molecule has 0 heterocycles. The molecule has 0 spiro atoms. The monoisotopic (exact) mass is 1020 g/mol. The van der Waals surface area contributed by atoms with Gasteiger partial charge in [0.2, 0.25) is 23.6 Å². The lowest BCUT2D eigenvalue weighted by molar-refractivity contribution is -0.384. The van der Waals surface area contributed by atoms with Crippen molar-refractivity contribution >= 4 is 41.2 Å². The molecule has 4 aliphatic carbocycles. The highest BCUT2D eigenvalue weighted by molar-refractivity contribution is 5.96. The second-order valence-electron chi connectivity index (χ2n) is 22.4. The molecule has 400 valence electrons. The molecule has 4 N–H and O–H groups in total. The molecule has 3 aromatic rings. The van der Waals surface area contributed by atoms with Crippen molar-refractivity contribution in [3.8, 4) is 5.75 Å². The molecule has 74 heavy (non-hydrogen) atoms. The highest BCUT2D eigenvalue weighted by atomic mass is 16.7. The number of carbonyl (C=O) groups excluding carboxylic acids is 5. The minimum absolute atomic E-state index is 0.0402. The van der Waals surface area contributed by atoms with Crippen LogP contribution >= 0.6 is 0 Å². The van der Waals surface area contributed by atoms with Gasteiger partial charge < -0.3 is 35.5 Å². The first-order valence-electron chi connectivity index (χ1n) is 27.2. The van der Waals surface area contributed by atoms with E-state index >= 15 is 0 Å². The summed E-state index contributed by atoms with van der Waals surface area (Å²) < 4.78 is 16.6. The molecule has 0 aliphatic heterocycles. The van der Waals surface area contributed by atoms with Crippen LogP contribution in [0.2, 0.25) is 0 Å². The van der Waals surface area contributed by atoms with E-state index in [4.69, 9.17) is 14.2 Å². The van der Waals surface area contributed by atoms with Crippen LogP contribution < -0.4 is 26.0 Å². The predicted molar refractivity (Wildman–Crippen MR) is 284 cm³/mol. The molecule has 3 aromatic carbocycles. The van der Waals surface area contributed by atoms with Crippen LogP contribution in [0.5, 0.6) is 5.75 Å². The Hall–Kier alpha value is -6.09. The minimum Gasteiger partial charge on any atom is -0.429 e. The Balaban J connectivity index is 0.783. The van der Waals surface area contributed by atoms with Gasteiger partial charge in [0.05, 0.1) is 17.6 Å². The van der Waals surface area contributed by atoms with Gasteiger partial charge in [-0.1, -0.05) is 108 Å². The number of ether oxygens (including phenoxy) is 3. The third kappa shape index (κ3) is 14.8. The highest BCUT2D eigenvalue weighted by Crippen LogP contribution is 2.67. The van der Waals surface area contributed by atoms with Crippen LogP contribution in [-0.4, -0.2) is 66.5 Å². The van der Waals surface area contributed by atoms with E-state index < -0.39 is 34.8 Å². The lowest BCUT2D eigenvalue weighted by Gasteiger charge is -2.58. The van der Waals surface area contributed by atoms with Crippen molar-refractivity contribution in [1.29, 1.82) is 0 Å². The second kappa shape index (κ2) is 25.9. The van der Waals surface area contributed by atoms with E-state index in [1.54, 1.807) is 29.8 Å². The van der Waals surface area contributed by atoms with Crippen LogP contribution in [0.1, 0.15) is 136 Å². The summed E-state index contributed by atoms with van der Waals surface area (Å²) in [5, 5.41) is 21.8. The summed E-state index contributed by atoms with van der Waals surface area (Å²) in [5.41, 5.74) is 4.06. The molecule has 0 aromatic heterocycles. The number of amides is 4. The molecule has 4 aliphatic rings. The van der Waals surface area contributed by atoms with Gasteiger partial charge >= 0.3 is 6.16 Å². The number of allylic oxidation sites excluding steroid dienone is 1. The number of fused-ring (bicyclic) bond motifs is 5. The first-order valence-corrected chi connectivity index (χ1v) is 27.2. The van der Waals surface area contributed by atoms with Crippen molar-refractivity contribution in [2.75, 3.05) is 25.0 Å². The molecule has 0 radical (unpaired) electrons. The number of benzene rings is 3. The maximum absolute atomic E-state index is 13.4. The average Bonchev–Trinajstić information content (AvgIpc) is 3.74. The van der Waals surface area contributed by atoms with E-state index in [0.717, 1.165) is 53.9 Å². The number of anilines is 1. The third-order valence-electron chi connectivity index (χ3n) is 17.0. The van der Waals surface area contributed by atoms with Gasteiger partial charge in [0.15, 0.2) is 0 Å². The molecule has 3 fully saturated rings. The Morgan fingerprint density at radius 3 is 2.26 bits per heavy atom. The number of hydrogen-bond acceptors (Lipinski definition) is 10. The van der Waals surface area contributed by atoms with E-state index in [0.29, 0.717) is 36.2 Å². The van der Waals surface area contributed by atoms with E-state index in [2.05, 4.69) is 62.0 Å². The van der Waals surface area contributed by atoms with Crippen LogP contribution in [0.15, 0.2) is 90.5 Å². The fraction of sp³-hybridized carbons (Fsp3) is 0.576. The van der Waals surface area contributed by atoms with Gasteiger partial charge in [0.25, 0.3) is 5.69 Å². The summed E-state index contributed by atoms with van der Waals surface area (Å²) in [6.45, 7) is 13.0. The van der Waals surface area contributed by atoms with E-state index in [1.165, 1.54) is 82.1 Å². The van der Waals surface area contributed by atoms with Crippen molar-refractivity contribution < 1.29 is 43.1 Å². The Labute approximate surface area is 437 Å². The summed E-state index contributed by atoms with van der Waals surface area (Å²) >= 11 is 0. The first-order chi connectivity index (χ1) is 35.5. The highest BCUT2D eigenvalue weighted by Gasteiger charge is 2.59. The number of nitrogens with zero attached hydrogens (tertiary/aromatic N) is 1. The molecule has 3 saturated carbocycles. The Kier molecular flexibility index (Phi) is 19.5. The zero-order chi connectivity index (χ0) is 52.8. The zero-order valence-electron chi connectivity index (χ0n) is 44.2. The number of nitro groups is 1. The largest absolute Gasteiger partial charge is 0.514 e. The molecule has 0 saturated heterocycles. The molecular weight excluding hydrogens is 939 g/mol. The van der Waals surface area contributed by atoms with Gasteiger partial charge in [-0.3, -0.25) is 29.3 Å². The van der Waals surface area contributed by atoms with Crippen molar-refractivity contribution in [2.45, 2.75) is 150 Å². The second-order valence-corrected chi connectivity index (χ2v) is 22.4. The summed E-state index contributed by atoms with van der Waals surface area (Å²) in [6.07, 6.45) is 16.7. The SMILES string of the molecule is CC(C)CCC[C@@H](C)[C@H]1CC[C@H]2[C@@H]3CC=C4C[C@@H](OCCCNC(=O)CCC(=O)N[C@@H](Cc5ccccc5)C(=O)NCC(=O)Nc5ccc(COC(=O)Oc6ccc([N+](=O)[O-])cc6)cc5)CC[C@]4(C)[C@H]3CC[C@]12C. The quantitative estimate of drug-likeness (QED) is 0.0167. The molecule has 0 bridgehead atoms. The molecule has 15 heteroatoms. The van der Waals surface area contributed by atoms with Crippen LogP contribution in [0.4, 0.5) is 16.2 Å². The third-order valence-corrected chi connectivity index (χ3v) is 17.0. The standard InChI is InChI=1S/C59H79N5O10/c1-39(2)11-9-12-40(3)49-25-26-50-48-24-17-43-36-47(29-31-58(43,4)51(48)30-32-59(49,50)5)72-34-10-33-60-53(65)27-28-54(66)63-52(35-41-13-7-6-8-14-41)56(68)61-37-55(67)62-44-18-15-42(16-19-44)38-73-57(69)74-46-22-20-45(21-23-46)64(70)71/h6-8,13-23,39-40,47-52H,9-12,24-38H2,1-5H3,(H,60,65)(H,61,68)(H,62,67)(H,63,66)/t40-,47+,48+,49-,50+,51+,52+,58+,59-/m1/s1. The Bertz CT molecular complexity index is 2430. The maximum atomic E-state index is 13.4. The molecule has 4 amide bonds. The summed E-state index contributed by atoms with van der Waals surface area (Å²) in [6, 6.07) is 19.6. The number of nitro benzene ring substituents is 1. The van der Waals surface area contributed by atoms with E-state index in [-0.39, 0.29) is 61.3 Å². The van der Waals surface area contributed by atoms with Crippen molar-refractivity contribution in [3.63, 3.8) is 0 Å². The van der Waals surface area contributed by atoms with Gasteiger partial charge in [-0.15, -0.1) is 0 Å². The fourth-order valence-electron chi connectivity index (χ4n) is 13.1. The lowest BCUT2D eigenvalue weighted by atomic mass is 9.47. The molecule has 0 unspecified atom stereocenters. The van der Waals surface area contributed by atoms with Crippen LogP contribution in [0.3, 0.4) is 0 Å². The maximum Gasteiger partial charge on any atom is 0.514 e. The minimum atomic E-state index is -0.998. The smallest absolute Gasteiger partial charge is 0.429 e. The van der Waals surface area contributed by atoms with Gasteiger partial charge in [-0.05, 0) is 140 Å². The van der Waals surface area contributed by atoms with Crippen LogP contribution in [-0.2, 0) is 41.7 Å². The van der Waals surface area contributed by atoms with E-state index in [1.807, 2.05) is 30.3 Å². The number of rotatable bonds is 24. The molecule has 15 nitrogen and oxygen atoms in total. The molecule has 7 rings (SSSR count). The van der Waals surface area contributed by atoms with Crippen LogP contribution in [0, 0.1) is 56.5 Å². The first kappa shape index (κ1) is 55.7. The Morgan fingerprint density at radius 1 is 0.784 bits per heavy atom. The molecular formula is C59H79N5O10. The number of non-ortho nitro benzene ring substituents is 1. The number of hydrogen-bond donors (Lipinski definition) is 4. The van der Waals surface area contributed by atoms with E-state index in [9.17, 15) is 34.1 Å². The summed E-state index contributed by atoms with van der Waals surface area (Å²) in [5.74, 6) is 3.22. The van der Waals surface area contributed by atoms with Crippen molar-refractivity contribution in [2.24, 2.45) is 46.3 Å². The topological polar surface area (TPSA) is 204 Å².